The number of morpholine rings is 1. The van der Waals surface area contributed by atoms with Crippen LogP contribution in [0.2, 0.25) is 0 Å². The molecule has 1 aliphatic heterocycles. The number of nitrogens with one attached hydrogen (secondary N) is 1. The molecule has 2 unspecified atom stereocenters. The first kappa shape index (κ1) is 15.4. The molecule has 2 rings (SSSR count). The molecule has 1 aromatic rings. The number of ether oxygens (including phenoxy) is 1. The normalized spacial score (nSPS) is 20.8. The summed E-state index contributed by atoms with van der Waals surface area (Å²) in [5, 5.41) is 2.07. The second kappa shape index (κ2) is 6.64. The van der Waals surface area contributed by atoms with Crippen LogP contribution < -0.4 is 11.1 Å². The van der Waals surface area contributed by atoms with E-state index in [1.807, 2.05) is 4.90 Å². The maximum atomic E-state index is 12.9. The Hall–Kier alpha value is -1.99. The van der Waals surface area contributed by atoms with Crippen molar-refractivity contribution >= 4 is 11.9 Å². The first-order valence-corrected chi connectivity index (χ1v) is 6.69. The molecule has 3 N–H and O–H groups in total. The Morgan fingerprint density at radius 1 is 1.43 bits per heavy atom. The minimum atomic E-state index is -0.866. The fourth-order valence-corrected chi connectivity index (χ4v) is 2.29. The van der Waals surface area contributed by atoms with Crippen LogP contribution in [0, 0.1) is 5.82 Å². The molecule has 1 aromatic carbocycles. The first-order valence-electron chi connectivity index (χ1n) is 6.69. The Labute approximate surface area is 122 Å². The van der Waals surface area contributed by atoms with Crippen LogP contribution in [0.3, 0.4) is 0 Å². The van der Waals surface area contributed by atoms with Crippen molar-refractivity contribution in [2.24, 2.45) is 5.73 Å². The van der Waals surface area contributed by atoms with Gasteiger partial charge in [0.1, 0.15) is 5.82 Å². The molecule has 6 nitrogen and oxygen atoms in total. The van der Waals surface area contributed by atoms with Crippen LogP contribution in [0.1, 0.15) is 18.6 Å². The maximum Gasteiger partial charge on any atom is 0.318 e. The van der Waals surface area contributed by atoms with E-state index >= 15 is 0 Å². The third-order valence-electron chi connectivity index (χ3n) is 3.51. The van der Waals surface area contributed by atoms with Crippen molar-refractivity contribution in [2.75, 3.05) is 19.7 Å². The highest BCUT2D eigenvalue weighted by atomic mass is 19.1. The lowest BCUT2D eigenvalue weighted by Gasteiger charge is -2.36. The molecule has 0 aliphatic carbocycles. The molecule has 1 heterocycles. The fourth-order valence-electron chi connectivity index (χ4n) is 2.29. The van der Waals surface area contributed by atoms with Gasteiger partial charge in [-0.1, -0.05) is 12.1 Å². The molecule has 0 saturated carbocycles. The lowest BCUT2D eigenvalue weighted by Crippen LogP contribution is -2.52. The number of benzene rings is 1. The molecule has 1 saturated heterocycles. The Kier molecular flexibility index (Phi) is 4.87. The zero-order valence-corrected chi connectivity index (χ0v) is 11.7. The quantitative estimate of drug-likeness (QED) is 0.863. The Balaban J connectivity index is 2.01. The van der Waals surface area contributed by atoms with Gasteiger partial charge in [-0.15, -0.1) is 0 Å². The highest BCUT2D eigenvalue weighted by molar-refractivity contribution is 5.96. The number of primary amides is 1. The van der Waals surface area contributed by atoms with Crippen molar-refractivity contribution < 1.29 is 18.7 Å². The largest absolute Gasteiger partial charge is 0.371 e. The molecule has 7 heteroatoms. The summed E-state index contributed by atoms with van der Waals surface area (Å²) in [4.78, 5) is 24.4. The number of nitrogens with zero attached hydrogens (tertiary/aromatic N) is 1. The highest BCUT2D eigenvalue weighted by Crippen LogP contribution is 2.23. The molecule has 0 spiro atoms. The van der Waals surface area contributed by atoms with Crippen molar-refractivity contribution in [3.05, 3.63) is 35.6 Å². The number of carbonyl (C=O) groups excluding carboxylic acids is 2. The molecule has 0 bridgehead atoms. The average Bonchev–Trinajstić information content (AvgIpc) is 2.46. The van der Waals surface area contributed by atoms with E-state index in [-0.39, 0.29) is 11.9 Å². The van der Waals surface area contributed by atoms with Crippen LogP contribution in [0.5, 0.6) is 0 Å². The van der Waals surface area contributed by atoms with Gasteiger partial charge in [0.05, 0.1) is 18.8 Å². The predicted octanol–water partition coefficient (Wildman–Crippen LogP) is 0.782. The zero-order chi connectivity index (χ0) is 15.4. The summed E-state index contributed by atoms with van der Waals surface area (Å²) in [6.45, 7) is 3.21. The third kappa shape index (κ3) is 3.99. The third-order valence-corrected chi connectivity index (χ3v) is 3.51. The number of rotatable bonds is 3. The van der Waals surface area contributed by atoms with Gasteiger partial charge < -0.3 is 10.5 Å². The summed E-state index contributed by atoms with van der Waals surface area (Å²) in [5.41, 5.74) is 5.79. The lowest BCUT2D eigenvalue weighted by atomic mass is 10.1. The van der Waals surface area contributed by atoms with E-state index in [1.54, 1.807) is 19.1 Å². The maximum absolute atomic E-state index is 12.9. The van der Waals surface area contributed by atoms with Gasteiger partial charge in [-0.2, -0.15) is 0 Å². The number of urea groups is 1. The molecule has 21 heavy (non-hydrogen) atoms. The van der Waals surface area contributed by atoms with Gasteiger partial charge in [0.15, 0.2) is 0 Å². The van der Waals surface area contributed by atoms with E-state index < -0.39 is 18.0 Å². The summed E-state index contributed by atoms with van der Waals surface area (Å²) < 4.78 is 18.6. The monoisotopic (exact) mass is 295 g/mol. The van der Waals surface area contributed by atoms with Crippen LogP contribution in [0.15, 0.2) is 24.3 Å². The summed E-state index contributed by atoms with van der Waals surface area (Å²) in [6, 6.07) is 4.72. The fraction of sp³-hybridized carbons (Fsp3) is 0.429. The topological polar surface area (TPSA) is 84.7 Å². The van der Waals surface area contributed by atoms with Crippen LogP contribution in [-0.4, -0.2) is 42.6 Å². The molecule has 1 fully saturated rings. The number of carbonyl (C=O) groups is 2. The number of nitrogens with two attached hydrogens (primary N) is 1. The van der Waals surface area contributed by atoms with Crippen molar-refractivity contribution in [1.82, 2.24) is 10.2 Å². The number of amides is 3. The smallest absolute Gasteiger partial charge is 0.318 e. The Morgan fingerprint density at radius 3 is 2.71 bits per heavy atom. The lowest BCUT2D eigenvalue weighted by molar-refractivity contribution is -0.128. The zero-order valence-electron chi connectivity index (χ0n) is 11.7. The molecule has 2 atom stereocenters. The number of halogens is 1. The van der Waals surface area contributed by atoms with Crippen LogP contribution >= 0.6 is 0 Å². The minimum absolute atomic E-state index is 0.233. The second-order valence-corrected chi connectivity index (χ2v) is 4.94. The second-order valence-electron chi connectivity index (χ2n) is 4.94. The van der Waals surface area contributed by atoms with Gasteiger partial charge in [-0.05, 0) is 24.6 Å². The molecule has 0 aromatic heterocycles. The number of hydrogen-bond acceptors (Lipinski definition) is 4. The van der Waals surface area contributed by atoms with Gasteiger partial charge in [0.25, 0.3) is 0 Å². The van der Waals surface area contributed by atoms with E-state index in [2.05, 4.69) is 5.32 Å². The average molecular weight is 295 g/mol. The van der Waals surface area contributed by atoms with Gasteiger partial charge in [-0.3, -0.25) is 15.0 Å². The van der Waals surface area contributed by atoms with Crippen LogP contribution in [-0.2, 0) is 9.53 Å². The Bertz CT molecular complexity index is 521. The van der Waals surface area contributed by atoms with Crippen molar-refractivity contribution in [1.29, 1.82) is 0 Å². The van der Waals surface area contributed by atoms with Crippen molar-refractivity contribution in [2.45, 2.75) is 19.1 Å². The van der Waals surface area contributed by atoms with Crippen molar-refractivity contribution in [3.63, 3.8) is 0 Å². The number of hydrogen-bond donors (Lipinski definition) is 2. The first-order chi connectivity index (χ1) is 9.97. The molecular weight excluding hydrogens is 277 g/mol. The van der Waals surface area contributed by atoms with Gasteiger partial charge in [-0.25, -0.2) is 9.18 Å². The minimum Gasteiger partial charge on any atom is -0.371 e. The van der Waals surface area contributed by atoms with E-state index in [0.29, 0.717) is 19.7 Å². The van der Waals surface area contributed by atoms with Gasteiger partial charge in [0, 0.05) is 13.1 Å². The van der Waals surface area contributed by atoms with Gasteiger partial charge >= 0.3 is 6.03 Å². The summed E-state index contributed by atoms with van der Waals surface area (Å²) in [6.07, 6.45) is -0.233. The number of imide groups is 1. The molecule has 1 aliphatic rings. The van der Waals surface area contributed by atoms with E-state index in [4.69, 9.17) is 10.5 Å². The molecular formula is C14H18FN3O3. The molecule has 3 amide bonds. The van der Waals surface area contributed by atoms with Gasteiger partial charge in [0.2, 0.25) is 5.91 Å². The van der Waals surface area contributed by atoms with Crippen LogP contribution in [0.4, 0.5) is 9.18 Å². The predicted molar refractivity (Wildman–Crippen MR) is 73.9 cm³/mol. The summed E-state index contributed by atoms with van der Waals surface area (Å²) >= 11 is 0. The van der Waals surface area contributed by atoms with E-state index in [0.717, 1.165) is 5.56 Å². The van der Waals surface area contributed by atoms with Crippen molar-refractivity contribution in [3.8, 4) is 0 Å². The summed E-state index contributed by atoms with van der Waals surface area (Å²) in [5.74, 6) is -0.747. The Morgan fingerprint density at radius 2 is 2.10 bits per heavy atom. The SMILES string of the molecule is CC(C(=O)NC(N)=O)N1CCOC(c2ccc(F)cc2)C1. The van der Waals surface area contributed by atoms with Crippen LogP contribution in [0.25, 0.3) is 0 Å². The highest BCUT2D eigenvalue weighted by Gasteiger charge is 2.29. The molecule has 114 valence electrons. The summed E-state index contributed by atoms with van der Waals surface area (Å²) in [7, 11) is 0. The van der Waals surface area contributed by atoms with E-state index in [1.165, 1.54) is 12.1 Å². The molecule has 0 radical (unpaired) electrons. The van der Waals surface area contributed by atoms with E-state index in [9.17, 15) is 14.0 Å². The standard InChI is InChI=1S/C14H18FN3O3/c1-9(13(19)17-14(16)20)18-6-7-21-12(8-18)10-2-4-11(15)5-3-10/h2-5,9,12H,6-8H2,1H3,(H3,16,17,19,20).